The normalized spacial score (nSPS) is 10.5. The average Bonchev–Trinajstić information content (AvgIpc) is 2.42. The molecule has 0 spiro atoms. The number of nitro benzene ring substituents is 1. The minimum absolute atomic E-state index is 0.0471. The molecule has 0 saturated heterocycles. The summed E-state index contributed by atoms with van der Waals surface area (Å²) in [5.41, 5.74) is 1.34. The Balaban J connectivity index is 1.94. The van der Waals surface area contributed by atoms with Gasteiger partial charge in [-0.25, -0.2) is 4.39 Å². The number of nitro groups is 1. The second-order valence-electron chi connectivity index (χ2n) is 4.23. The molecule has 0 aliphatic heterocycles. The molecule has 0 aromatic heterocycles. The van der Waals surface area contributed by atoms with Crippen LogP contribution in [0.3, 0.4) is 0 Å². The van der Waals surface area contributed by atoms with Crippen LogP contribution in [-0.2, 0) is 13.1 Å². The Morgan fingerprint density at radius 2 is 1.85 bits per heavy atom. The lowest BCUT2D eigenvalue weighted by atomic mass is 10.2. The first kappa shape index (κ1) is 14.4. The van der Waals surface area contributed by atoms with Crippen molar-refractivity contribution in [1.29, 1.82) is 0 Å². The first-order valence-electron chi connectivity index (χ1n) is 5.95. The van der Waals surface area contributed by atoms with Crippen LogP contribution >= 0.6 is 11.6 Å². The molecular formula is C14H12ClFN2O2. The molecule has 0 aliphatic carbocycles. The van der Waals surface area contributed by atoms with Gasteiger partial charge in [0.2, 0.25) is 0 Å². The highest BCUT2D eigenvalue weighted by molar-refractivity contribution is 6.31. The lowest BCUT2D eigenvalue weighted by Crippen LogP contribution is -2.14. The van der Waals surface area contributed by atoms with Crippen LogP contribution in [0, 0.1) is 15.9 Å². The Kier molecular flexibility index (Phi) is 4.65. The fourth-order valence-corrected chi connectivity index (χ4v) is 2.00. The van der Waals surface area contributed by atoms with E-state index in [9.17, 15) is 14.5 Å². The van der Waals surface area contributed by atoms with Crippen molar-refractivity contribution in [2.75, 3.05) is 0 Å². The van der Waals surface area contributed by atoms with E-state index in [1.54, 1.807) is 24.3 Å². The van der Waals surface area contributed by atoms with Crippen molar-refractivity contribution in [2.45, 2.75) is 13.1 Å². The van der Waals surface area contributed by atoms with Gasteiger partial charge in [-0.3, -0.25) is 10.1 Å². The maximum atomic E-state index is 13.5. The maximum absolute atomic E-state index is 13.5. The summed E-state index contributed by atoms with van der Waals surface area (Å²) in [5.74, 6) is -0.353. The highest BCUT2D eigenvalue weighted by Gasteiger charge is 2.07. The SMILES string of the molecule is O=[N+]([O-])c1ccc(CNCc2c(F)cccc2Cl)cc1. The third-order valence-corrected chi connectivity index (χ3v) is 3.19. The molecule has 1 N–H and O–H groups in total. The highest BCUT2D eigenvalue weighted by atomic mass is 35.5. The molecule has 0 radical (unpaired) electrons. The second-order valence-corrected chi connectivity index (χ2v) is 4.63. The minimum Gasteiger partial charge on any atom is -0.308 e. The van der Waals surface area contributed by atoms with Gasteiger partial charge in [-0.1, -0.05) is 29.8 Å². The van der Waals surface area contributed by atoms with Gasteiger partial charge in [-0.05, 0) is 17.7 Å². The molecule has 0 bridgehead atoms. The van der Waals surface area contributed by atoms with E-state index in [4.69, 9.17) is 11.6 Å². The molecule has 104 valence electrons. The summed E-state index contributed by atoms with van der Waals surface area (Å²) in [5, 5.41) is 13.9. The van der Waals surface area contributed by atoms with Crippen LogP contribution in [0.2, 0.25) is 5.02 Å². The van der Waals surface area contributed by atoms with Crippen molar-refractivity contribution in [3.63, 3.8) is 0 Å². The van der Waals surface area contributed by atoms with Crippen LogP contribution in [-0.4, -0.2) is 4.92 Å². The number of benzene rings is 2. The van der Waals surface area contributed by atoms with Gasteiger partial charge in [0.1, 0.15) is 5.82 Å². The van der Waals surface area contributed by atoms with E-state index in [1.807, 2.05) is 0 Å². The molecule has 2 aromatic rings. The van der Waals surface area contributed by atoms with Crippen LogP contribution in [0.1, 0.15) is 11.1 Å². The molecule has 0 saturated carbocycles. The molecular weight excluding hydrogens is 283 g/mol. The first-order valence-corrected chi connectivity index (χ1v) is 6.32. The Hall–Kier alpha value is -1.98. The zero-order chi connectivity index (χ0) is 14.5. The molecule has 20 heavy (non-hydrogen) atoms. The van der Waals surface area contributed by atoms with Crippen molar-refractivity contribution in [2.24, 2.45) is 0 Å². The predicted molar refractivity (Wildman–Crippen MR) is 75.1 cm³/mol. The number of hydrogen-bond acceptors (Lipinski definition) is 3. The number of hydrogen-bond donors (Lipinski definition) is 1. The van der Waals surface area contributed by atoms with Gasteiger partial charge < -0.3 is 5.32 Å². The third kappa shape index (κ3) is 3.53. The molecule has 0 amide bonds. The average molecular weight is 295 g/mol. The van der Waals surface area contributed by atoms with Crippen LogP contribution in [0.4, 0.5) is 10.1 Å². The van der Waals surface area contributed by atoms with E-state index in [2.05, 4.69) is 5.32 Å². The largest absolute Gasteiger partial charge is 0.308 e. The van der Waals surface area contributed by atoms with Crippen molar-refractivity contribution >= 4 is 17.3 Å². The summed E-state index contributed by atoms with van der Waals surface area (Å²) in [6.45, 7) is 0.769. The highest BCUT2D eigenvalue weighted by Crippen LogP contribution is 2.18. The van der Waals surface area contributed by atoms with E-state index >= 15 is 0 Å². The summed E-state index contributed by atoms with van der Waals surface area (Å²) >= 11 is 5.91. The number of nitrogens with one attached hydrogen (secondary N) is 1. The Bertz CT molecular complexity index is 597. The van der Waals surface area contributed by atoms with Crippen LogP contribution in [0.25, 0.3) is 0 Å². The Morgan fingerprint density at radius 1 is 1.15 bits per heavy atom. The topological polar surface area (TPSA) is 55.2 Å². The van der Waals surface area contributed by atoms with Crippen molar-refractivity contribution in [1.82, 2.24) is 5.32 Å². The number of rotatable bonds is 5. The molecule has 2 rings (SSSR count). The van der Waals surface area contributed by atoms with E-state index in [1.165, 1.54) is 18.2 Å². The zero-order valence-electron chi connectivity index (χ0n) is 10.5. The fourth-order valence-electron chi connectivity index (χ4n) is 1.77. The van der Waals surface area contributed by atoms with Gasteiger partial charge in [0.05, 0.1) is 4.92 Å². The van der Waals surface area contributed by atoms with Crippen LogP contribution in [0.15, 0.2) is 42.5 Å². The van der Waals surface area contributed by atoms with Crippen molar-refractivity contribution < 1.29 is 9.31 Å². The van der Waals surface area contributed by atoms with E-state index in [0.29, 0.717) is 23.7 Å². The minimum atomic E-state index is -0.448. The van der Waals surface area contributed by atoms with Gasteiger partial charge in [-0.15, -0.1) is 0 Å². The summed E-state index contributed by atoms with van der Waals surface area (Å²) in [6, 6.07) is 10.7. The molecule has 4 nitrogen and oxygen atoms in total. The quantitative estimate of drug-likeness (QED) is 0.676. The number of nitrogens with zero attached hydrogens (tertiary/aromatic N) is 1. The summed E-state index contributed by atoms with van der Waals surface area (Å²) < 4.78 is 13.5. The molecule has 6 heteroatoms. The lowest BCUT2D eigenvalue weighted by molar-refractivity contribution is -0.384. The lowest BCUT2D eigenvalue weighted by Gasteiger charge is -2.08. The predicted octanol–water partition coefficient (Wildman–Crippen LogP) is 3.68. The van der Waals surface area contributed by atoms with Gasteiger partial charge in [0.25, 0.3) is 5.69 Å². The van der Waals surface area contributed by atoms with Gasteiger partial charge in [0, 0.05) is 35.8 Å². The van der Waals surface area contributed by atoms with Gasteiger partial charge >= 0.3 is 0 Å². The fraction of sp³-hybridized carbons (Fsp3) is 0.143. The van der Waals surface area contributed by atoms with E-state index in [0.717, 1.165) is 5.56 Å². The number of halogens is 2. The van der Waals surface area contributed by atoms with E-state index in [-0.39, 0.29) is 11.5 Å². The third-order valence-electron chi connectivity index (χ3n) is 2.84. The van der Waals surface area contributed by atoms with Gasteiger partial charge in [0.15, 0.2) is 0 Å². The molecule has 0 fully saturated rings. The van der Waals surface area contributed by atoms with Crippen LogP contribution < -0.4 is 5.32 Å². The smallest absolute Gasteiger partial charge is 0.269 e. The van der Waals surface area contributed by atoms with E-state index < -0.39 is 4.92 Å². The van der Waals surface area contributed by atoms with Crippen LogP contribution in [0.5, 0.6) is 0 Å². The summed E-state index contributed by atoms with van der Waals surface area (Å²) in [7, 11) is 0. The zero-order valence-corrected chi connectivity index (χ0v) is 11.2. The molecule has 2 aromatic carbocycles. The monoisotopic (exact) mass is 294 g/mol. The van der Waals surface area contributed by atoms with Crippen molar-refractivity contribution in [3.8, 4) is 0 Å². The molecule has 0 unspecified atom stereocenters. The summed E-state index contributed by atoms with van der Waals surface area (Å²) in [6.07, 6.45) is 0. The van der Waals surface area contributed by atoms with Crippen molar-refractivity contribution in [3.05, 3.63) is 74.5 Å². The summed E-state index contributed by atoms with van der Waals surface area (Å²) in [4.78, 5) is 10.1. The van der Waals surface area contributed by atoms with Gasteiger partial charge in [-0.2, -0.15) is 0 Å². The molecule has 0 heterocycles. The standard InChI is InChI=1S/C14H12ClFN2O2/c15-13-2-1-3-14(16)12(13)9-17-8-10-4-6-11(7-5-10)18(19)20/h1-7,17H,8-9H2. The molecule has 0 atom stereocenters. The second kappa shape index (κ2) is 6.45. The molecule has 0 aliphatic rings. The maximum Gasteiger partial charge on any atom is 0.269 e. The Labute approximate surface area is 120 Å². The first-order chi connectivity index (χ1) is 9.58. The Morgan fingerprint density at radius 3 is 2.45 bits per heavy atom. The number of non-ortho nitro benzene ring substituents is 1.